The Hall–Kier alpha value is -0.130. The van der Waals surface area contributed by atoms with Gasteiger partial charge in [-0.1, -0.05) is 20.8 Å². The molecule has 1 atom stereocenters. The summed E-state index contributed by atoms with van der Waals surface area (Å²) >= 11 is 0. The summed E-state index contributed by atoms with van der Waals surface area (Å²) in [5.74, 6) is 0.133. The minimum Gasteiger partial charge on any atom is -0.396 e. The fraction of sp³-hybridized carbons (Fsp3) is 1.00. The smallest absolute Gasteiger partial charge is 0.156 e. The Morgan fingerprint density at radius 3 is 1.94 bits per heavy atom. The lowest BCUT2D eigenvalue weighted by Gasteiger charge is -2.31. The van der Waals surface area contributed by atoms with Crippen molar-refractivity contribution in [2.24, 2.45) is 5.41 Å². The normalized spacial score (nSPS) is 15.7. The molecule has 0 amide bonds. The lowest BCUT2D eigenvalue weighted by atomic mass is 9.85. The maximum absolute atomic E-state index is 12.0. The lowest BCUT2D eigenvalue weighted by molar-refractivity contribution is 0.199. The summed E-state index contributed by atoms with van der Waals surface area (Å²) in [6.45, 7) is 11.9. The highest BCUT2D eigenvalue weighted by atomic mass is 32.2. The molecule has 4 nitrogen and oxygen atoms in total. The molecule has 0 aliphatic rings. The van der Waals surface area contributed by atoms with E-state index >= 15 is 0 Å². The van der Waals surface area contributed by atoms with Crippen LogP contribution in [0.5, 0.6) is 0 Å². The maximum atomic E-state index is 12.0. The van der Waals surface area contributed by atoms with Crippen LogP contribution in [0.25, 0.3) is 0 Å². The Morgan fingerprint density at radius 2 is 1.61 bits per heavy atom. The molecule has 0 bridgehead atoms. The third-order valence-electron chi connectivity index (χ3n) is 3.16. The van der Waals surface area contributed by atoms with Crippen molar-refractivity contribution < 1.29 is 13.5 Å². The minimum atomic E-state index is -3.08. The van der Waals surface area contributed by atoms with Crippen LogP contribution in [-0.4, -0.2) is 43.2 Å². The van der Waals surface area contributed by atoms with Gasteiger partial charge in [0, 0.05) is 19.2 Å². The van der Waals surface area contributed by atoms with Crippen LogP contribution in [0.2, 0.25) is 0 Å². The van der Waals surface area contributed by atoms with Gasteiger partial charge < -0.3 is 10.4 Å². The van der Waals surface area contributed by atoms with Crippen molar-refractivity contribution in [2.45, 2.75) is 58.8 Å². The molecule has 0 heterocycles. The van der Waals surface area contributed by atoms with Crippen LogP contribution in [-0.2, 0) is 9.84 Å². The first-order chi connectivity index (χ1) is 7.92. The molecule has 0 aromatic carbocycles. The van der Waals surface area contributed by atoms with Crippen LogP contribution >= 0.6 is 0 Å². The molecule has 110 valence electrons. The Kier molecular flexibility index (Phi) is 6.30. The first-order valence-corrected chi connectivity index (χ1v) is 8.13. The second kappa shape index (κ2) is 6.35. The highest BCUT2D eigenvalue weighted by Gasteiger charge is 2.29. The van der Waals surface area contributed by atoms with Crippen molar-refractivity contribution in [2.75, 3.05) is 18.9 Å². The van der Waals surface area contributed by atoms with E-state index in [9.17, 15) is 8.42 Å². The second-order valence-electron chi connectivity index (χ2n) is 6.82. The summed E-state index contributed by atoms with van der Waals surface area (Å²) in [6, 6.07) is 0.123. The molecule has 0 aromatic rings. The quantitative estimate of drug-likeness (QED) is 0.775. The molecule has 0 radical (unpaired) electrons. The van der Waals surface area contributed by atoms with Crippen molar-refractivity contribution in [3.63, 3.8) is 0 Å². The van der Waals surface area contributed by atoms with Gasteiger partial charge in [-0.2, -0.15) is 0 Å². The lowest BCUT2D eigenvalue weighted by Crippen LogP contribution is -2.44. The summed E-state index contributed by atoms with van der Waals surface area (Å²) < 4.78 is 23.2. The largest absolute Gasteiger partial charge is 0.396 e. The van der Waals surface area contributed by atoms with E-state index < -0.39 is 14.6 Å². The predicted octanol–water partition coefficient (Wildman–Crippen LogP) is 1.59. The zero-order valence-electron chi connectivity index (χ0n) is 12.6. The molecule has 5 heteroatoms. The summed E-state index contributed by atoms with van der Waals surface area (Å²) in [5.41, 5.74) is 0.00816. The number of sulfone groups is 1. The van der Waals surface area contributed by atoms with Gasteiger partial charge in [-0.3, -0.25) is 0 Å². The van der Waals surface area contributed by atoms with Crippen LogP contribution in [0, 0.1) is 5.41 Å². The molecule has 0 aliphatic heterocycles. The Morgan fingerprint density at radius 1 is 1.11 bits per heavy atom. The summed E-state index contributed by atoms with van der Waals surface area (Å²) in [6.07, 6.45) is 0.638. The van der Waals surface area contributed by atoms with E-state index in [1.807, 2.05) is 0 Å². The highest BCUT2D eigenvalue weighted by Crippen LogP contribution is 2.22. The van der Waals surface area contributed by atoms with E-state index in [2.05, 4.69) is 26.1 Å². The molecule has 0 saturated heterocycles. The molecule has 0 rings (SSSR count). The van der Waals surface area contributed by atoms with E-state index in [1.165, 1.54) is 0 Å². The fourth-order valence-corrected chi connectivity index (χ4v) is 2.64. The predicted molar refractivity (Wildman–Crippen MR) is 76.5 cm³/mol. The van der Waals surface area contributed by atoms with Gasteiger partial charge in [-0.25, -0.2) is 8.42 Å². The third-order valence-corrected chi connectivity index (χ3v) is 5.77. The van der Waals surface area contributed by atoms with Crippen LogP contribution in [0.1, 0.15) is 48.0 Å². The van der Waals surface area contributed by atoms with Gasteiger partial charge in [0.1, 0.15) is 0 Å². The van der Waals surface area contributed by atoms with Crippen molar-refractivity contribution in [1.82, 2.24) is 5.32 Å². The van der Waals surface area contributed by atoms with Gasteiger partial charge in [0.15, 0.2) is 9.84 Å². The molecule has 0 saturated carbocycles. The van der Waals surface area contributed by atoms with Crippen molar-refractivity contribution in [3.8, 4) is 0 Å². The molecular formula is C13H29NO3S. The van der Waals surface area contributed by atoms with Gasteiger partial charge in [0.05, 0.1) is 10.5 Å². The van der Waals surface area contributed by atoms with Crippen molar-refractivity contribution >= 4 is 9.84 Å². The summed E-state index contributed by atoms with van der Waals surface area (Å²) in [7, 11) is -3.08. The minimum absolute atomic E-state index is 0.00816. The number of nitrogens with one attached hydrogen (secondary N) is 1. The third kappa shape index (κ3) is 5.67. The molecule has 0 aliphatic carbocycles. The Labute approximate surface area is 112 Å². The number of hydrogen-bond acceptors (Lipinski definition) is 4. The van der Waals surface area contributed by atoms with Gasteiger partial charge in [-0.05, 0) is 32.6 Å². The first kappa shape index (κ1) is 17.9. The van der Waals surface area contributed by atoms with E-state index in [1.54, 1.807) is 20.8 Å². The first-order valence-electron chi connectivity index (χ1n) is 6.48. The summed E-state index contributed by atoms with van der Waals surface area (Å²) in [4.78, 5) is 0. The fourth-order valence-electron chi connectivity index (χ4n) is 1.64. The van der Waals surface area contributed by atoms with E-state index in [-0.39, 0.29) is 23.8 Å². The molecule has 0 spiro atoms. The van der Waals surface area contributed by atoms with E-state index in [4.69, 9.17) is 5.11 Å². The number of rotatable bonds is 6. The Bertz CT molecular complexity index is 336. The standard InChI is InChI=1S/C13H29NO3S/c1-12(2,3)11(7-9-15)14-8-10-18(16,17)13(4,5)6/h11,14-15H,7-10H2,1-6H3. The van der Waals surface area contributed by atoms with E-state index in [0.717, 1.165) is 0 Å². The van der Waals surface area contributed by atoms with Gasteiger partial charge in [-0.15, -0.1) is 0 Å². The van der Waals surface area contributed by atoms with Crippen molar-refractivity contribution in [3.05, 3.63) is 0 Å². The molecule has 1 unspecified atom stereocenters. The monoisotopic (exact) mass is 279 g/mol. The SMILES string of the molecule is CC(C)(C)C(CCO)NCCS(=O)(=O)C(C)(C)C. The van der Waals surface area contributed by atoms with Crippen molar-refractivity contribution in [1.29, 1.82) is 0 Å². The molecule has 18 heavy (non-hydrogen) atoms. The van der Waals surface area contributed by atoms with E-state index in [0.29, 0.717) is 13.0 Å². The van der Waals surface area contributed by atoms with Crippen LogP contribution in [0.4, 0.5) is 0 Å². The molecule has 0 fully saturated rings. The zero-order chi connectivity index (χ0) is 14.6. The molecule has 0 aromatic heterocycles. The van der Waals surface area contributed by atoms with Crippen LogP contribution in [0.15, 0.2) is 0 Å². The summed E-state index contributed by atoms with van der Waals surface area (Å²) in [5, 5.41) is 12.3. The maximum Gasteiger partial charge on any atom is 0.156 e. The number of aliphatic hydroxyl groups is 1. The topological polar surface area (TPSA) is 66.4 Å². The average Bonchev–Trinajstić information content (AvgIpc) is 2.12. The second-order valence-corrected chi connectivity index (χ2v) is 9.68. The van der Waals surface area contributed by atoms with Crippen LogP contribution < -0.4 is 5.32 Å². The number of hydrogen-bond donors (Lipinski definition) is 2. The molecular weight excluding hydrogens is 250 g/mol. The zero-order valence-corrected chi connectivity index (χ0v) is 13.4. The molecule has 2 N–H and O–H groups in total. The van der Waals surface area contributed by atoms with Gasteiger partial charge in [0.25, 0.3) is 0 Å². The Balaban J connectivity index is 4.41. The average molecular weight is 279 g/mol. The van der Waals surface area contributed by atoms with Crippen LogP contribution in [0.3, 0.4) is 0 Å². The van der Waals surface area contributed by atoms with Gasteiger partial charge in [0.2, 0.25) is 0 Å². The van der Waals surface area contributed by atoms with Gasteiger partial charge >= 0.3 is 0 Å². The number of aliphatic hydroxyl groups excluding tert-OH is 1. The highest BCUT2D eigenvalue weighted by molar-refractivity contribution is 7.92.